The number of hydrogen-bond donors (Lipinski definition) is 0. The second-order valence-corrected chi connectivity index (χ2v) is 6.26. The Morgan fingerprint density at radius 3 is 2.83 bits per heavy atom. The van der Waals surface area contributed by atoms with Gasteiger partial charge in [-0.05, 0) is 38.1 Å². The van der Waals surface area contributed by atoms with Crippen LogP contribution in [0.1, 0.15) is 24.2 Å². The van der Waals surface area contributed by atoms with Crippen molar-refractivity contribution in [3.05, 3.63) is 59.4 Å². The number of nitrogens with zero attached hydrogens (tertiary/aromatic N) is 2. The summed E-state index contributed by atoms with van der Waals surface area (Å²) in [7, 11) is 0. The van der Waals surface area contributed by atoms with Crippen LogP contribution in [-0.2, 0) is 4.79 Å². The molecule has 1 aliphatic rings. The number of carbonyl (C=O) groups excluding carboxylic acids is 2. The number of pyridine rings is 1. The third-order valence-corrected chi connectivity index (χ3v) is 4.57. The van der Waals surface area contributed by atoms with Crippen LogP contribution in [0.5, 0.6) is 5.75 Å². The van der Waals surface area contributed by atoms with Crippen LogP contribution in [0.4, 0.5) is 5.69 Å². The highest BCUT2D eigenvalue weighted by Gasteiger charge is 2.25. The minimum absolute atomic E-state index is 0.00647. The van der Waals surface area contributed by atoms with Crippen molar-refractivity contribution in [2.75, 3.05) is 11.4 Å². The van der Waals surface area contributed by atoms with E-state index in [4.69, 9.17) is 4.74 Å². The van der Waals surface area contributed by atoms with Crippen LogP contribution in [0, 0.1) is 0 Å². The Labute approximate surface area is 144 Å². The van der Waals surface area contributed by atoms with Crippen molar-refractivity contribution in [2.24, 2.45) is 0 Å². The van der Waals surface area contributed by atoms with E-state index in [1.165, 1.54) is 24.9 Å². The molecule has 0 saturated carbocycles. The van der Waals surface area contributed by atoms with E-state index in [0.717, 1.165) is 22.2 Å². The smallest absolute Gasteiger partial charge is 0.345 e. The molecule has 0 radical (unpaired) electrons. The maximum atomic E-state index is 12.1. The lowest BCUT2D eigenvalue weighted by atomic mass is 10.2. The van der Waals surface area contributed by atoms with Gasteiger partial charge in [0.1, 0.15) is 5.75 Å². The van der Waals surface area contributed by atoms with E-state index in [9.17, 15) is 9.59 Å². The predicted molar refractivity (Wildman–Crippen MR) is 93.3 cm³/mol. The molecule has 0 spiro atoms. The molecule has 0 atom stereocenters. The van der Waals surface area contributed by atoms with E-state index in [2.05, 4.69) is 4.98 Å². The van der Waals surface area contributed by atoms with Gasteiger partial charge in [-0.1, -0.05) is 11.8 Å². The third kappa shape index (κ3) is 3.33. The zero-order valence-electron chi connectivity index (χ0n) is 13.4. The Morgan fingerprint density at radius 1 is 1.33 bits per heavy atom. The fourth-order valence-electron chi connectivity index (χ4n) is 2.40. The molecule has 122 valence electrons. The van der Waals surface area contributed by atoms with Gasteiger partial charge in [-0.15, -0.1) is 0 Å². The Hall–Kier alpha value is -2.60. The van der Waals surface area contributed by atoms with Crippen LogP contribution in [-0.4, -0.2) is 23.3 Å². The summed E-state index contributed by atoms with van der Waals surface area (Å²) in [6, 6.07) is 8.82. The second kappa shape index (κ2) is 6.88. The lowest BCUT2D eigenvalue weighted by Crippen LogP contribution is -2.17. The summed E-state index contributed by atoms with van der Waals surface area (Å²) in [4.78, 5) is 30.5. The molecule has 0 saturated heterocycles. The molecule has 0 unspecified atom stereocenters. The minimum Gasteiger partial charge on any atom is -0.423 e. The Balaban J connectivity index is 1.85. The van der Waals surface area contributed by atoms with Gasteiger partial charge >= 0.3 is 5.97 Å². The molecule has 0 aliphatic carbocycles. The van der Waals surface area contributed by atoms with E-state index in [1.807, 2.05) is 24.0 Å². The first-order chi connectivity index (χ1) is 11.6. The number of allylic oxidation sites excluding steroid dienone is 1. The maximum absolute atomic E-state index is 12.1. The first-order valence-electron chi connectivity index (χ1n) is 7.52. The van der Waals surface area contributed by atoms with Crippen molar-refractivity contribution < 1.29 is 14.3 Å². The number of fused-ring (bicyclic) bond motifs is 1. The molecule has 1 aromatic heterocycles. The number of ketones is 1. The molecule has 2 heterocycles. The number of ether oxygens (including phenoxy) is 1. The molecular weight excluding hydrogens is 324 g/mol. The summed E-state index contributed by atoms with van der Waals surface area (Å²) in [5, 5.41) is 0.885. The van der Waals surface area contributed by atoms with Crippen LogP contribution >= 0.6 is 11.8 Å². The molecule has 0 amide bonds. The normalized spacial score (nSPS) is 14.6. The second-order valence-electron chi connectivity index (χ2n) is 5.20. The van der Waals surface area contributed by atoms with Gasteiger partial charge in [0.05, 0.1) is 16.3 Å². The highest BCUT2D eigenvalue weighted by Crippen LogP contribution is 2.47. The summed E-state index contributed by atoms with van der Waals surface area (Å²) < 4.78 is 5.43. The average Bonchev–Trinajstić information content (AvgIpc) is 2.91. The molecular formula is C18H16N2O3S. The van der Waals surface area contributed by atoms with E-state index in [-0.39, 0.29) is 5.78 Å². The topological polar surface area (TPSA) is 59.5 Å². The predicted octanol–water partition coefficient (Wildman–Crippen LogP) is 3.66. The van der Waals surface area contributed by atoms with E-state index >= 15 is 0 Å². The zero-order valence-corrected chi connectivity index (χ0v) is 14.2. The standard InChI is InChI=1S/C18H16N2O3S/c1-3-20-15-10-14(23-18(22)13-5-4-8-19-11-13)6-7-16(15)24-17(20)9-12(2)21/h4-11H,3H2,1-2H3. The number of benzene rings is 1. The van der Waals surface area contributed by atoms with Crippen molar-refractivity contribution in [1.82, 2.24) is 4.98 Å². The number of thioether (sulfide) groups is 1. The molecule has 0 fully saturated rings. The van der Waals surface area contributed by atoms with Crippen molar-refractivity contribution in [3.8, 4) is 5.75 Å². The number of carbonyl (C=O) groups is 2. The Bertz CT molecular complexity index is 818. The Kier molecular flexibility index (Phi) is 4.66. The van der Waals surface area contributed by atoms with Crippen LogP contribution < -0.4 is 9.64 Å². The van der Waals surface area contributed by atoms with Gasteiger partial charge in [0.15, 0.2) is 5.78 Å². The number of hydrogen-bond acceptors (Lipinski definition) is 6. The number of rotatable bonds is 4. The summed E-state index contributed by atoms with van der Waals surface area (Å²) in [5.41, 5.74) is 1.34. The largest absolute Gasteiger partial charge is 0.423 e. The lowest BCUT2D eigenvalue weighted by molar-refractivity contribution is -0.112. The molecule has 2 aromatic rings. The van der Waals surface area contributed by atoms with E-state index in [1.54, 1.807) is 30.5 Å². The first kappa shape index (κ1) is 16.3. The summed E-state index contributed by atoms with van der Waals surface area (Å²) >= 11 is 1.54. The zero-order chi connectivity index (χ0) is 17.1. The monoisotopic (exact) mass is 340 g/mol. The van der Waals surface area contributed by atoms with E-state index in [0.29, 0.717) is 11.3 Å². The van der Waals surface area contributed by atoms with Crippen LogP contribution in [0.25, 0.3) is 0 Å². The highest BCUT2D eigenvalue weighted by atomic mass is 32.2. The Morgan fingerprint density at radius 2 is 2.17 bits per heavy atom. The summed E-state index contributed by atoms with van der Waals surface area (Å²) in [5.74, 6) is 0.0222. The highest BCUT2D eigenvalue weighted by molar-refractivity contribution is 8.03. The molecule has 5 nitrogen and oxygen atoms in total. The summed E-state index contributed by atoms with van der Waals surface area (Å²) in [6.45, 7) is 4.27. The van der Waals surface area contributed by atoms with Gasteiger partial charge < -0.3 is 9.64 Å². The van der Waals surface area contributed by atoms with Gasteiger partial charge in [0.2, 0.25) is 0 Å². The van der Waals surface area contributed by atoms with Crippen LogP contribution in [0.15, 0.2) is 58.7 Å². The number of anilines is 1. The maximum Gasteiger partial charge on any atom is 0.345 e. The van der Waals surface area contributed by atoms with Crippen LogP contribution in [0.3, 0.4) is 0 Å². The van der Waals surface area contributed by atoms with Crippen LogP contribution in [0.2, 0.25) is 0 Å². The molecule has 1 aromatic carbocycles. The molecule has 1 aliphatic heterocycles. The minimum atomic E-state index is -0.448. The fraction of sp³-hybridized carbons (Fsp3) is 0.167. The molecule has 0 N–H and O–H groups in total. The van der Waals surface area contributed by atoms with Crippen molar-refractivity contribution >= 4 is 29.2 Å². The van der Waals surface area contributed by atoms with Crippen molar-refractivity contribution in [3.63, 3.8) is 0 Å². The van der Waals surface area contributed by atoms with Crippen molar-refractivity contribution in [2.45, 2.75) is 18.7 Å². The van der Waals surface area contributed by atoms with Gasteiger partial charge in [-0.2, -0.15) is 0 Å². The number of aromatic nitrogens is 1. The van der Waals surface area contributed by atoms with Gasteiger partial charge in [0, 0.05) is 36.0 Å². The van der Waals surface area contributed by atoms with Crippen molar-refractivity contribution in [1.29, 1.82) is 0 Å². The average molecular weight is 340 g/mol. The SMILES string of the molecule is CCN1C(=CC(C)=O)Sc2ccc(OC(=O)c3cccnc3)cc21. The summed E-state index contributed by atoms with van der Waals surface area (Å²) in [6.07, 6.45) is 4.69. The molecule has 24 heavy (non-hydrogen) atoms. The van der Waals surface area contributed by atoms with Gasteiger partial charge in [-0.25, -0.2) is 4.79 Å². The first-order valence-corrected chi connectivity index (χ1v) is 8.34. The quantitative estimate of drug-likeness (QED) is 0.481. The molecule has 0 bridgehead atoms. The number of esters is 1. The lowest BCUT2D eigenvalue weighted by Gasteiger charge is -2.18. The van der Waals surface area contributed by atoms with E-state index < -0.39 is 5.97 Å². The fourth-order valence-corrected chi connectivity index (χ4v) is 3.60. The molecule has 3 rings (SSSR count). The molecule has 6 heteroatoms. The van der Waals surface area contributed by atoms with Gasteiger partial charge in [0.25, 0.3) is 0 Å². The van der Waals surface area contributed by atoms with Gasteiger partial charge in [-0.3, -0.25) is 9.78 Å². The third-order valence-electron chi connectivity index (χ3n) is 3.45.